The molecule has 0 saturated heterocycles. The average Bonchev–Trinajstić information content (AvgIpc) is 3.70. The van der Waals surface area contributed by atoms with Gasteiger partial charge in [-0.2, -0.15) is 0 Å². The number of likely N-dealkylation sites (N-methyl/N-ethyl adjacent to an activating group) is 2. The zero-order valence-electron chi connectivity index (χ0n) is 19.6. The van der Waals surface area contributed by atoms with Crippen LogP contribution < -0.4 is 10.6 Å². The van der Waals surface area contributed by atoms with E-state index in [2.05, 4.69) is 51.5 Å². The molecule has 0 radical (unpaired) electrons. The molecule has 0 aromatic heterocycles. The third-order valence-corrected chi connectivity index (χ3v) is 5.49. The summed E-state index contributed by atoms with van der Waals surface area (Å²) in [5.74, 6) is 4.11. The number of nitrogens with zero attached hydrogens (tertiary/aromatic N) is 1. The molecule has 0 bridgehead atoms. The van der Waals surface area contributed by atoms with Gasteiger partial charge in [0.2, 0.25) is 6.04 Å². The van der Waals surface area contributed by atoms with Gasteiger partial charge in [0.1, 0.15) is 0 Å². The first-order valence-corrected chi connectivity index (χ1v) is 11.1. The highest BCUT2D eigenvalue weighted by Gasteiger charge is 2.34. The van der Waals surface area contributed by atoms with Crippen molar-refractivity contribution < 1.29 is 19.1 Å². The largest absolute Gasteiger partial charge is 0.467 e. The van der Waals surface area contributed by atoms with E-state index in [0.717, 1.165) is 22.6 Å². The lowest BCUT2D eigenvalue weighted by Gasteiger charge is -2.24. The Morgan fingerprint density at radius 1 is 1.12 bits per heavy atom. The van der Waals surface area contributed by atoms with Crippen molar-refractivity contribution in [2.24, 2.45) is 0 Å². The molecule has 2 aromatic carbocycles. The maximum absolute atomic E-state index is 12.7. The monoisotopic (exact) mass is 459 g/mol. The van der Waals surface area contributed by atoms with Crippen molar-refractivity contribution in [3.05, 3.63) is 76.9 Å². The van der Waals surface area contributed by atoms with E-state index in [1.807, 2.05) is 6.08 Å². The van der Waals surface area contributed by atoms with E-state index in [1.165, 1.54) is 39.6 Å². The van der Waals surface area contributed by atoms with Gasteiger partial charge in [-0.15, -0.1) is 0 Å². The summed E-state index contributed by atoms with van der Waals surface area (Å²) in [5, 5.41) is 5.87. The first-order chi connectivity index (χ1) is 16.4. The minimum absolute atomic E-state index is 0.331. The number of amides is 2. The van der Waals surface area contributed by atoms with Gasteiger partial charge in [0.05, 0.1) is 7.11 Å². The normalized spacial score (nSPS) is 13.5. The van der Waals surface area contributed by atoms with Crippen LogP contribution in [0.4, 0.5) is 0 Å². The van der Waals surface area contributed by atoms with Crippen molar-refractivity contribution in [2.45, 2.75) is 31.5 Å². The molecule has 2 N–H and O–H groups in total. The molecule has 3 rings (SSSR count). The Bertz CT molecular complexity index is 1090. The Morgan fingerprint density at radius 3 is 2.38 bits per heavy atom. The van der Waals surface area contributed by atoms with Crippen LogP contribution in [0.1, 0.15) is 39.9 Å². The fourth-order valence-electron chi connectivity index (χ4n) is 3.27. The van der Waals surface area contributed by atoms with Crippen molar-refractivity contribution in [2.75, 3.05) is 21.2 Å². The van der Waals surface area contributed by atoms with Crippen molar-refractivity contribution in [3.63, 3.8) is 0 Å². The van der Waals surface area contributed by atoms with Crippen molar-refractivity contribution in [1.29, 1.82) is 0 Å². The van der Waals surface area contributed by atoms with Gasteiger partial charge in [0.25, 0.3) is 11.8 Å². The Balaban J connectivity index is 1.58. The van der Waals surface area contributed by atoms with Gasteiger partial charge in [0.15, 0.2) is 0 Å². The number of nitrogens with one attached hydrogen (secondary N) is 2. The lowest BCUT2D eigenvalue weighted by molar-refractivity contribution is -0.150. The predicted molar refractivity (Wildman–Crippen MR) is 131 cm³/mol. The topological polar surface area (TPSA) is 87.7 Å². The Hall–Kier alpha value is -3.89. The van der Waals surface area contributed by atoms with Crippen LogP contribution in [-0.2, 0) is 20.9 Å². The van der Waals surface area contributed by atoms with Crippen molar-refractivity contribution >= 4 is 23.9 Å². The number of esters is 1. The van der Waals surface area contributed by atoms with E-state index in [9.17, 15) is 14.4 Å². The van der Waals surface area contributed by atoms with Gasteiger partial charge in [0, 0.05) is 37.8 Å². The van der Waals surface area contributed by atoms with E-state index >= 15 is 0 Å². The number of hydrogen-bond donors (Lipinski definition) is 2. The highest BCUT2D eigenvalue weighted by atomic mass is 16.5. The summed E-state index contributed by atoms with van der Waals surface area (Å²) >= 11 is 0. The fraction of sp³-hybridized carbons (Fsp3) is 0.296. The van der Waals surface area contributed by atoms with Crippen LogP contribution in [0.15, 0.2) is 54.6 Å². The number of rotatable bonds is 8. The van der Waals surface area contributed by atoms with Gasteiger partial charge in [-0.25, -0.2) is 4.79 Å². The molecule has 0 spiro atoms. The highest BCUT2D eigenvalue weighted by molar-refractivity contribution is 6.07. The SMILES string of the molecule is CNC(=O)C(C(=O)OC)N(C)C(=O)c1ccc(C#CC=Cc2ccc(CNC3CC3)cc2)cc1. The number of ether oxygens (including phenoxy) is 1. The predicted octanol–water partition coefficient (Wildman–Crippen LogP) is 2.36. The second kappa shape index (κ2) is 11.8. The van der Waals surface area contributed by atoms with E-state index in [4.69, 9.17) is 0 Å². The first-order valence-electron chi connectivity index (χ1n) is 11.1. The molecule has 1 unspecified atom stereocenters. The van der Waals surface area contributed by atoms with Gasteiger partial charge in [-0.05, 0) is 60.4 Å². The molecule has 1 fully saturated rings. The molecule has 1 saturated carbocycles. The smallest absolute Gasteiger partial charge is 0.338 e. The van der Waals surface area contributed by atoms with Crippen LogP contribution in [0.2, 0.25) is 0 Å². The summed E-state index contributed by atoms with van der Waals surface area (Å²) < 4.78 is 4.65. The molecule has 0 aliphatic heterocycles. The van der Waals surface area contributed by atoms with Crippen LogP contribution >= 0.6 is 0 Å². The lowest BCUT2D eigenvalue weighted by Crippen LogP contribution is -2.51. The summed E-state index contributed by atoms with van der Waals surface area (Å²) in [4.78, 5) is 37.8. The average molecular weight is 460 g/mol. The van der Waals surface area contributed by atoms with Crippen molar-refractivity contribution in [1.82, 2.24) is 15.5 Å². The summed E-state index contributed by atoms with van der Waals surface area (Å²) in [7, 11) is 3.94. The summed E-state index contributed by atoms with van der Waals surface area (Å²) in [6.45, 7) is 0.901. The molecular weight excluding hydrogens is 430 g/mol. The van der Waals surface area contributed by atoms with Gasteiger partial charge >= 0.3 is 5.97 Å². The molecule has 7 nitrogen and oxygen atoms in total. The van der Waals surface area contributed by atoms with E-state index in [-0.39, 0.29) is 0 Å². The second-order valence-corrected chi connectivity index (χ2v) is 8.03. The summed E-state index contributed by atoms with van der Waals surface area (Å²) in [6, 6.07) is 14.4. The number of benzene rings is 2. The van der Waals surface area contributed by atoms with Gasteiger partial charge in [-0.3, -0.25) is 9.59 Å². The summed E-state index contributed by atoms with van der Waals surface area (Å²) in [6.07, 6.45) is 6.30. The van der Waals surface area contributed by atoms with Gasteiger partial charge < -0.3 is 20.3 Å². The molecule has 1 atom stereocenters. The zero-order chi connectivity index (χ0) is 24.5. The number of carbonyl (C=O) groups is 3. The zero-order valence-corrected chi connectivity index (χ0v) is 19.6. The maximum atomic E-state index is 12.7. The minimum atomic E-state index is -1.37. The van der Waals surface area contributed by atoms with Crippen LogP contribution in [0.5, 0.6) is 0 Å². The second-order valence-electron chi connectivity index (χ2n) is 8.03. The van der Waals surface area contributed by atoms with E-state index in [1.54, 1.807) is 30.3 Å². The van der Waals surface area contributed by atoms with Crippen molar-refractivity contribution in [3.8, 4) is 11.8 Å². The Morgan fingerprint density at radius 2 is 1.79 bits per heavy atom. The molecule has 1 aliphatic rings. The van der Waals surface area contributed by atoms with Crippen LogP contribution in [0.25, 0.3) is 6.08 Å². The molecule has 2 aromatic rings. The first kappa shape index (κ1) is 24.7. The van der Waals surface area contributed by atoms with E-state index in [0.29, 0.717) is 11.6 Å². The lowest BCUT2D eigenvalue weighted by atomic mass is 10.1. The Labute approximate surface area is 200 Å². The fourth-order valence-corrected chi connectivity index (χ4v) is 3.27. The molecular formula is C27H29N3O4. The van der Waals surface area contributed by atoms with Crippen LogP contribution in [-0.4, -0.2) is 56.0 Å². The minimum Gasteiger partial charge on any atom is -0.467 e. The molecule has 2 amide bonds. The maximum Gasteiger partial charge on any atom is 0.338 e. The Kier molecular flexibility index (Phi) is 8.60. The van der Waals surface area contributed by atoms with Crippen LogP contribution in [0.3, 0.4) is 0 Å². The summed E-state index contributed by atoms with van der Waals surface area (Å²) in [5.41, 5.74) is 3.41. The standard InChI is InChI=1S/C27H29N3O4/c1-28-25(31)24(27(33)34-3)30(2)26(32)22-14-12-20(13-15-22)7-5-4-6-19-8-10-21(11-9-19)18-29-23-16-17-23/h4,6,8-15,23-24,29H,16-18H2,1-3H3,(H,28,31). The third-order valence-electron chi connectivity index (χ3n) is 5.49. The molecule has 34 heavy (non-hydrogen) atoms. The molecule has 7 heteroatoms. The molecule has 0 heterocycles. The number of methoxy groups -OCH3 is 1. The third kappa shape index (κ3) is 6.80. The van der Waals surface area contributed by atoms with Crippen LogP contribution in [0, 0.1) is 11.8 Å². The number of hydrogen-bond acceptors (Lipinski definition) is 5. The number of allylic oxidation sites excluding steroid dienone is 1. The number of carbonyl (C=O) groups excluding carboxylic acids is 3. The molecule has 1 aliphatic carbocycles. The highest BCUT2D eigenvalue weighted by Crippen LogP contribution is 2.19. The molecule has 176 valence electrons. The van der Waals surface area contributed by atoms with E-state index < -0.39 is 23.8 Å². The quantitative estimate of drug-likeness (QED) is 0.360. The van der Waals surface area contributed by atoms with Gasteiger partial charge in [-0.1, -0.05) is 36.1 Å².